The van der Waals surface area contributed by atoms with E-state index in [9.17, 15) is 9.59 Å². The van der Waals surface area contributed by atoms with Crippen molar-refractivity contribution in [3.63, 3.8) is 0 Å². The summed E-state index contributed by atoms with van der Waals surface area (Å²) < 4.78 is 17.8. The van der Waals surface area contributed by atoms with E-state index >= 15 is 0 Å². The fourth-order valence-corrected chi connectivity index (χ4v) is 4.61. The first-order valence-electron chi connectivity index (χ1n) is 11.1. The number of ketones is 1. The van der Waals surface area contributed by atoms with Crippen LogP contribution in [0.25, 0.3) is 16.9 Å². The molecule has 8 heteroatoms. The summed E-state index contributed by atoms with van der Waals surface area (Å²) in [4.78, 5) is 30.9. The third-order valence-electron chi connectivity index (χ3n) is 5.39. The average Bonchev–Trinajstić information content (AvgIpc) is 3.36. The molecule has 4 aromatic rings. The van der Waals surface area contributed by atoms with Crippen LogP contribution in [0.2, 0.25) is 0 Å². The van der Waals surface area contributed by atoms with Crippen molar-refractivity contribution in [2.75, 3.05) is 19.2 Å². The van der Waals surface area contributed by atoms with E-state index in [4.69, 9.17) is 19.2 Å². The first kappa shape index (κ1) is 22.7. The van der Waals surface area contributed by atoms with Crippen LogP contribution in [0.15, 0.2) is 88.8 Å². The van der Waals surface area contributed by atoms with Crippen LogP contribution in [-0.4, -0.2) is 34.5 Å². The zero-order valence-electron chi connectivity index (χ0n) is 19.0. The number of Topliss-reactive ketones (excluding diaryl/α,β-unsaturated/α-hetero) is 1. The van der Waals surface area contributed by atoms with Gasteiger partial charge in [-0.25, -0.2) is 4.98 Å². The van der Waals surface area contributed by atoms with Crippen LogP contribution < -0.4 is 19.8 Å². The minimum Gasteiger partial charge on any atom is -0.494 e. The normalized spacial score (nSPS) is 11.9. The van der Waals surface area contributed by atoms with Crippen LogP contribution in [0, 0.1) is 0 Å². The maximum atomic E-state index is 13.2. The van der Waals surface area contributed by atoms with E-state index in [2.05, 4.69) is 0 Å². The van der Waals surface area contributed by atoms with Gasteiger partial charge in [0.25, 0.3) is 5.56 Å². The van der Waals surface area contributed by atoms with Gasteiger partial charge in [0, 0.05) is 17.2 Å². The predicted molar refractivity (Wildman–Crippen MR) is 134 cm³/mol. The lowest BCUT2D eigenvalue weighted by Gasteiger charge is -2.13. The fraction of sp³-hybridized carbons (Fsp3) is 0.148. The summed E-state index contributed by atoms with van der Waals surface area (Å²) in [6.45, 7) is 2.63. The van der Waals surface area contributed by atoms with Gasteiger partial charge >= 0.3 is 0 Å². The maximum absolute atomic E-state index is 13.2. The monoisotopic (exact) mass is 486 g/mol. The Labute approximate surface area is 206 Å². The summed E-state index contributed by atoms with van der Waals surface area (Å²) in [6.07, 6.45) is 0. The Bertz CT molecular complexity index is 1420. The van der Waals surface area contributed by atoms with E-state index in [0.717, 1.165) is 5.56 Å². The van der Waals surface area contributed by atoms with Gasteiger partial charge in [0.15, 0.2) is 22.4 Å². The Morgan fingerprint density at radius 1 is 1.00 bits per heavy atom. The molecular formula is C27H22N2O5S. The molecule has 5 rings (SSSR count). The number of carbonyl (C=O) groups excluding carboxylic acids is 1. The van der Waals surface area contributed by atoms with Crippen LogP contribution in [-0.2, 0) is 0 Å². The molecule has 0 unspecified atom stereocenters. The Hall–Kier alpha value is -4.04. The van der Waals surface area contributed by atoms with Gasteiger partial charge in [-0.15, -0.1) is 0 Å². The molecule has 0 radical (unpaired) electrons. The molecule has 0 fully saturated rings. The number of aromatic nitrogens is 2. The minimum atomic E-state index is -0.241. The number of hydrogen-bond acceptors (Lipinski definition) is 7. The van der Waals surface area contributed by atoms with Gasteiger partial charge in [0.1, 0.15) is 5.75 Å². The molecule has 0 atom stereocenters. The van der Waals surface area contributed by atoms with Crippen molar-refractivity contribution < 1.29 is 19.0 Å². The molecule has 1 aliphatic rings. The largest absolute Gasteiger partial charge is 0.494 e. The van der Waals surface area contributed by atoms with Gasteiger partial charge in [-0.2, -0.15) is 0 Å². The Kier molecular flexibility index (Phi) is 6.54. The van der Waals surface area contributed by atoms with E-state index < -0.39 is 0 Å². The number of fused-ring (bicyclic) bond motifs is 1. The Balaban J connectivity index is 1.47. The molecule has 0 saturated heterocycles. The molecule has 1 aromatic heterocycles. The maximum Gasteiger partial charge on any atom is 0.259 e. The van der Waals surface area contributed by atoms with Gasteiger partial charge in [-0.1, -0.05) is 30.0 Å². The van der Waals surface area contributed by atoms with Crippen LogP contribution in [0.3, 0.4) is 0 Å². The predicted octanol–water partition coefficient (Wildman–Crippen LogP) is 5.00. The van der Waals surface area contributed by atoms with Crippen molar-refractivity contribution in [2.45, 2.75) is 12.1 Å². The number of carbonyl (C=O) groups is 1. The number of benzene rings is 3. The molecule has 176 valence electrons. The molecule has 2 heterocycles. The van der Waals surface area contributed by atoms with Crippen LogP contribution >= 0.6 is 11.8 Å². The second-order valence-corrected chi connectivity index (χ2v) is 8.61. The number of ether oxygens (including phenoxy) is 3. The first-order valence-corrected chi connectivity index (χ1v) is 12.1. The molecule has 0 bridgehead atoms. The number of rotatable bonds is 8. The van der Waals surface area contributed by atoms with Gasteiger partial charge in [0.2, 0.25) is 6.79 Å². The van der Waals surface area contributed by atoms with Crippen molar-refractivity contribution in [3.05, 3.63) is 94.8 Å². The molecular weight excluding hydrogens is 464 g/mol. The lowest BCUT2D eigenvalue weighted by Crippen LogP contribution is -2.21. The lowest BCUT2D eigenvalue weighted by atomic mass is 10.1. The summed E-state index contributed by atoms with van der Waals surface area (Å²) >= 11 is 1.22. The highest BCUT2D eigenvalue weighted by Gasteiger charge is 2.18. The average molecular weight is 487 g/mol. The zero-order valence-corrected chi connectivity index (χ0v) is 19.8. The van der Waals surface area contributed by atoms with Crippen LogP contribution in [0.1, 0.15) is 17.3 Å². The van der Waals surface area contributed by atoms with Gasteiger partial charge in [-0.3, -0.25) is 14.2 Å². The molecule has 0 N–H and O–H groups in total. The third-order valence-corrected chi connectivity index (χ3v) is 6.33. The van der Waals surface area contributed by atoms with Crippen LogP contribution in [0.4, 0.5) is 0 Å². The summed E-state index contributed by atoms with van der Waals surface area (Å²) in [5.41, 5.74) is 2.23. The molecule has 3 aromatic carbocycles. The molecule has 0 spiro atoms. The smallest absolute Gasteiger partial charge is 0.259 e. The molecule has 1 aliphatic heterocycles. The molecule has 0 saturated carbocycles. The molecule has 0 amide bonds. The van der Waals surface area contributed by atoms with Gasteiger partial charge < -0.3 is 14.2 Å². The Morgan fingerprint density at radius 2 is 1.77 bits per heavy atom. The molecule has 35 heavy (non-hydrogen) atoms. The topological polar surface area (TPSA) is 79.7 Å². The highest BCUT2D eigenvalue weighted by Crippen LogP contribution is 2.35. The van der Waals surface area contributed by atoms with E-state index in [0.29, 0.717) is 46.0 Å². The fourth-order valence-electron chi connectivity index (χ4n) is 3.69. The van der Waals surface area contributed by atoms with E-state index in [-0.39, 0.29) is 23.9 Å². The SMILES string of the molecule is CCOc1ccc(C(=O)CSc2nc(-c3ccc4c(c3)OCO4)cc(=O)n2-c2ccccc2)cc1. The van der Waals surface area contributed by atoms with E-state index in [1.54, 1.807) is 36.4 Å². The summed E-state index contributed by atoms with van der Waals surface area (Å²) in [6, 6.07) is 23.2. The van der Waals surface area contributed by atoms with Crippen molar-refractivity contribution >= 4 is 17.5 Å². The lowest BCUT2D eigenvalue weighted by molar-refractivity contribution is 0.102. The second kappa shape index (κ2) is 10.1. The van der Waals surface area contributed by atoms with Crippen molar-refractivity contribution in [1.82, 2.24) is 9.55 Å². The number of para-hydroxylation sites is 1. The van der Waals surface area contributed by atoms with Crippen molar-refractivity contribution in [3.8, 4) is 34.2 Å². The Morgan fingerprint density at radius 3 is 2.54 bits per heavy atom. The quantitative estimate of drug-likeness (QED) is 0.197. The minimum absolute atomic E-state index is 0.0691. The first-order chi connectivity index (χ1) is 17.1. The summed E-state index contributed by atoms with van der Waals surface area (Å²) in [5, 5.41) is 0.427. The van der Waals surface area contributed by atoms with Crippen molar-refractivity contribution in [1.29, 1.82) is 0 Å². The second-order valence-electron chi connectivity index (χ2n) is 7.67. The number of thioether (sulfide) groups is 1. The standard InChI is InChI=1S/C27H22N2O5S/c1-2-32-21-11-8-18(9-12-21)23(30)16-35-27-28-22(19-10-13-24-25(14-19)34-17-33-24)15-26(31)29(27)20-6-4-3-5-7-20/h3-15H,2,16-17H2,1H3. The summed E-state index contributed by atoms with van der Waals surface area (Å²) in [5.74, 6) is 2.03. The van der Waals surface area contributed by atoms with Crippen LogP contribution in [0.5, 0.6) is 17.2 Å². The zero-order chi connectivity index (χ0) is 24.2. The van der Waals surface area contributed by atoms with Gasteiger partial charge in [-0.05, 0) is 61.5 Å². The van der Waals surface area contributed by atoms with E-state index in [1.807, 2.05) is 43.3 Å². The number of hydrogen-bond donors (Lipinski definition) is 0. The molecule has 7 nitrogen and oxygen atoms in total. The molecule has 0 aliphatic carbocycles. The highest BCUT2D eigenvalue weighted by atomic mass is 32.2. The highest BCUT2D eigenvalue weighted by molar-refractivity contribution is 7.99. The van der Waals surface area contributed by atoms with Crippen molar-refractivity contribution in [2.24, 2.45) is 0 Å². The van der Waals surface area contributed by atoms with Gasteiger partial charge in [0.05, 0.1) is 23.7 Å². The number of nitrogens with zero attached hydrogens (tertiary/aromatic N) is 2. The van der Waals surface area contributed by atoms with E-state index in [1.165, 1.54) is 22.4 Å². The third kappa shape index (κ3) is 4.93. The summed E-state index contributed by atoms with van der Waals surface area (Å²) in [7, 11) is 0.